The van der Waals surface area contributed by atoms with Crippen molar-refractivity contribution in [2.45, 2.75) is 11.8 Å². The number of halogens is 1. The van der Waals surface area contributed by atoms with E-state index < -0.39 is 10.0 Å². The second kappa shape index (κ2) is 4.82. The molecule has 2 aromatic heterocycles. The van der Waals surface area contributed by atoms with E-state index in [1.54, 1.807) is 26.1 Å². The molecule has 0 bridgehead atoms. The zero-order valence-electron chi connectivity index (χ0n) is 10.3. The molecule has 0 amide bonds. The lowest BCUT2D eigenvalue weighted by Gasteiger charge is -2.07. The minimum Gasteiger partial charge on any atom is -0.381 e. The van der Waals surface area contributed by atoms with Crippen molar-refractivity contribution in [2.75, 3.05) is 10.5 Å². The van der Waals surface area contributed by atoms with E-state index in [2.05, 4.69) is 30.7 Å². The average molecular weight is 346 g/mol. The van der Waals surface area contributed by atoms with Crippen molar-refractivity contribution in [1.82, 2.24) is 14.8 Å². The summed E-state index contributed by atoms with van der Waals surface area (Å²) in [6.07, 6.45) is 1.50. The maximum atomic E-state index is 12.2. The highest BCUT2D eigenvalue weighted by atomic mass is 79.9. The third kappa shape index (κ3) is 2.71. The number of nitrogens with one attached hydrogen (secondary N) is 1. The van der Waals surface area contributed by atoms with E-state index in [1.807, 2.05) is 0 Å². The fraction of sp³-hybridized carbons (Fsp3) is 0.200. The Bertz CT molecular complexity index is 708. The molecule has 2 aromatic rings. The van der Waals surface area contributed by atoms with Gasteiger partial charge in [-0.25, -0.2) is 13.4 Å². The molecule has 0 atom stereocenters. The Kier molecular flexibility index (Phi) is 3.50. The number of anilines is 2. The summed E-state index contributed by atoms with van der Waals surface area (Å²) >= 11 is 3.22. The van der Waals surface area contributed by atoms with Gasteiger partial charge in [0.25, 0.3) is 10.0 Å². The van der Waals surface area contributed by atoms with Crippen molar-refractivity contribution < 1.29 is 8.42 Å². The summed E-state index contributed by atoms with van der Waals surface area (Å²) in [5.41, 5.74) is 6.09. The summed E-state index contributed by atoms with van der Waals surface area (Å²) in [5, 5.41) is 3.88. The fourth-order valence-electron chi connectivity index (χ4n) is 1.57. The molecule has 9 heteroatoms. The highest BCUT2D eigenvalue weighted by Crippen LogP contribution is 2.23. The molecule has 0 unspecified atom stereocenters. The first-order chi connectivity index (χ1) is 8.81. The van der Waals surface area contributed by atoms with Crippen LogP contribution >= 0.6 is 15.9 Å². The van der Waals surface area contributed by atoms with E-state index in [0.717, 1.165) is 4.47 Å². The van der Waals surface area contributed by atoms with E-state index in [1.165, 1.54) is 10.9 Å². The van der Waals surface area contributed by atoms with Crippen molar-refractivity contribution in [3.63, 3.8) is 0 Å². The number of hydrogen-bond donors (Lipinski definition) is 2. The van der Waals surface area contributed by atoms with Crippen molar-refractivity contribution in [2.24, 2.45) is 7.05 Å². The van der Waals surface area contributed by atoms with Gasteiger partial charge in [0, 0.05) is 17.7 Å². The number of nitrogens with zero attached hydrogens (tertiary/aromatic N) is 3. The molecular formula is C10H12BrN5O2S. The molecule has 0 radical (unpaired) electrons. The molecule has 2 heterocycles. The normalized spacial score (nSPS) is 11.5. The number of pyridine rings is 1. The molecule has 2 rings (SSSR count). The molecule has 0 saturated heterocycles. The largest absolute Gasteiger partial charge is 0.381 e. The van der Waals surface area contributed by atoms with Gasteiger partial charge in [0.15, 0.2) is 10.7 Å². The van der Waals surface area contributed by atoms with E-state index in [0.29, 0.717) is 5.69 Å². The number of sulfonamides is 1. The molecular weight excluding hydrogens is 334 g/mol. The Morgan fingerprint density at radius 2 is 2.11 bits per heavy atom. The van der Waals surface area contributed by atoms with Gasteiger partial charge in [0.05, 0.1) is 5.69 Å². The van der Waals surface area contributed by atoms with Crippen LogP contribution in [0.3, 0.4) is 0 Å². The first-order valence-electron chi connectivity index (χ1n) is 5.24. The van der Waals surface area contributed by atoms with Crippen LogP contribution in [-0.4, -0.2) is 23.2 Å². The summed E-state index contributed by atoms with van der Waals surface area (Å²) in [4.78, 5) is 3.92. The minimum atomic E-state index is -3.80. The monoisotopic (exact) mass is 345 g/mol. The summed E-state index contributed by atoms with van der Waals surface area (Å²) in [5.74, 6) is 0.176. The first-order valence-corrected chi connectivity index (χ1v) is 7.52. The number of hydrogen-bond acceptors (Lipinski definition) is 5. The topological polar surface area (TPSA) is 103 Å². The Hall–Kier alpha value is -1.61. The molecule has 102 valence electrons. The number of aromatic nitrogens is 3. The lowest BCUT2D eigenvalue weighted by molar-refractivity contribution is 0.600. The zero-order chi connectivity index (χ0) is 14.2. The standard InChI is InChI=1S/C10H12BrN5O2S/c1-6-9(10(12)14-16(6)2)19(17,18)15-8-4-3-7(11)5-13-8/h3-5H,1-2H3,(H2,12,14)(H,13,15). The number of aryl methyl sites for hydroxylation is 1. The van der Waals surface area contributed by atoms with Crippen molar-refractivity contribution >= 4 is 37.6 Å². The van der Waals surface area contributed by atoms with Crippen LogP contribution < -0.4 is 10.5 Å². The number of rotatable bonds is 3. The van der Waals surface area contributed by atoms with Crippen molar-refractivity contribution in [1.29, 1.82) is 0 Å². The molecule has 19 heavy (non-hydrogen) atoms. The van der Waals surface area contributed by atoms with Gasteiger partial charge in [-0.05, 0) is 35.0 Å². The molecule has 0 fully saturated rings. The Morgan fingerprint density at radius 3 is 2.58 bits per heavy atom. The fourth-order valence-corrected chi connectivity index (χ4v) is 3.14. The van der Waals surface area contributed by atoms with Crippen LogP contribution in [0.5, 0.6) is 0 Å². The lowest BCUT2D eigenvalue weighted by atomic mass is 10.5. The van der Waals surface area contributed by atoms with Gasteiger partial charge < -0.3 is 5.73 Å². The van der Waals surface area contributed by atoms with Crippen molar-refractivity contribution in [3.8, 4) is 0 Å². The second-order valence-electron chi connectivity index (χ2n) is 3.89. The summed E-state index contributed by atoms with van der Waals surface area (Å²) in [6, 6.07) is 3.23. The van der Waals surface area contributed by atoms with E-state index in [9.17, 15) is 8.42 Å². The van der Waals surface area contributed by atoms with Gasteiger partial charge in [-0.2, -0.15) is 5.10 Å². The van der Waals surface area contributed by atoms with E-state index in [4.69, 9.17) is 5.73 Å². The van der Waals surface area contributed by atoms with Gasteiger partial charge in [-0.3, -0.25) is 9.40 Å². The number of nitrogens with two attached hydrogens (primary N) is 1. The Balaban J connectivity index is 2.40. The van der Waals surface area contributed by atoms with E-state index >= 15 is 0 Å². The van der Waals surface area contributed by atoms with Gasteiger partial charge in [0.1, 0.15) is 5.82 Å². The van der Waals surface area contributed by atoms with Gasteiger partial charge in [-0.1, -0.05) is 0 Å². The third-order valence-electron chi connectivity index (χ3n) is 2.54. The van der Waals surface area contributed by atoms with Gasteiger partial charge >= 0.3 is 0 Å². The third-order valence-corrected chi connectivity index (χ3v) is 4.53. The van der Waals surface area contributed by atoms with E-state index in [-0.39, 0.29) is 16.5 Å². The highest BCUT2D eigenvalue weighted by Gasteiger charge is 2.24. The first kappa shape index (κ1) is 13.8. The van der Waals surface area contributed by atoms with Crippen LogP contribution in [0.15, 0.2) is 27.7 Å². The maximum absolute atomic E-state index is 12.2. The quantitative estimate of drug-likeness (QED) is 0.871. The number of nitrogen functional groups attached to an aromatic ring is 1. The van der Waals surface area contributed by atoms with Crippen LogP contribution in [0.1, 0.15) is 5.69 Å². The molecule has 7 nitrogen and oxygen atoms in total. The molecule has 3 N–H and O–H groups in total. The van der Waals surface area contributed by atoms with Crippen LogP contribution in [0.2, 0.25) is 0 Å². The predicted octanol–water partition coefficient (Wildman–Crippen LogP) is 1.27. The zero-order valence-corrected chi connectivity index (χ0v) is 12.7. The average Bonchev–Trinajstić information content (AvgIpc) is 2.56. The molecule has 0 aliphatic heterocycles. The summed E-state index contributed by atoms with van der Waals surface area (Å²) in [6.45, 7) is 1.63. The highest BCUT2D eigenvalue weighted by molar-refractivity contribution is 9.10. The Labute approximate surface area is 119 Å². The van der Waals surface area contributed by atoms with Crippen LogP contribution in [0.4, 0.5) is 11.6 Å². The van der Waals surface area contributed by atoms with Crippen LogP contribution in [0.25, 0.3) is 0 Å². The minimum absolute atomic E-state index is 0.0280. The SMILES string of the molecule is Cc1c(S(=O)(=O)Nc2ccc(Br)cn2)c(N)nn1C. The smallest absolute Gasteiger partial charge is 0.268 e. The predicted molar refractivity (Wildman–Crippen MR) is 75.1 cm³/mol. The lowest BCUT2D eigenvalue weighted by Crippen LogP contribution is -2.16. The van der Waals surface area contributed by atoms with Gasteiger partial charge in [-0.15, -0.1) is 0 Å². The molecule has 0 saturated carbocycles. The summed E-state index contributed by atoms with van der Waals surface area (Å²) < 4.78 is 29.0. The Morgan fingerprint density at radius 1 is 1.42 bits per heavy atom. The second-order valence-corrected chi connectivity index (χ2v) is 6.43. The molecule has 0 aliphatic carbocycles. The molecule has 0 aliphatic rings. The van der Waals surface area contributed by atoms with Crippen molar-refractivity contribution in [3.05, 3.63) is 28.5 Å². The van der Waals surface area contributed by atoms with Crippen LogP contribution in [-0.2, 0) is 17.1 Å². The summed E-state index contributed by atoms with van der Waals surface area (Å²) in [7, 11) is -2.18. The maximum Gasteiger partial charge on any atom is 0.268 e. The van der Waals surface area contributed by atoms with Crippen LogP contribution in [0, 0.1) is 6.92 Å². The van der Waals surface area contributed by atoms with Gasteiger partial charge in [0.2, 0.25) is 0 Å². The molecule has 0 spiro atoms. The molecule has 0 aromatic carbocycles.